The van der Waals surface area contributed by atoms with Gasteiger partial charge in [-0.3, -0.25) is 9.78 Å². The van der Waals surface area contributed by atoms with E-state index in [4.69, 9.17) is 23.2 Å². The lowest BCUT2D eigenvalue weighted by Gasteiger charge is -2.23. The molecule has 1 amide bonds. The average Bonchev–Trinajstić information content (AvgIpc) is 2.76. The lowest BCUT2D eigenvalue weighted by Crippen LogP contribution is -2.30. The van der Waals surface area contributed by atoms with Gasteiger partial charge in [-0.1, -0.05) is 42.3 Å². The molecule has 31 heavy (non-hydrogen) atoms. The minimum absolute atomic E-state index is 0.103. The highest BCUT2D eigenvalue weighted by molar-refractivity contribution is 7.89. The molecule has 0 saturated heterocycles. The van der Waals surface area contributed by atoms with Crippen LogP contribution in [0.4, 0.5) is 0 Å². The van der Waals surface area contributed by atoms with Crippen LogP contribution >= 0.6 is 23.2 Å². The number of hydrogen-bond acceptors (Lipinski definition) is 4. The smallest absolute Gasteiger partial charge is 0.254 e. The summed E-state index contributed by atoms with van der Waals surface area (Å²) in [4.78, 5) is 19.3. The quantitative estimate of drug-likeness (QED) is 0.516. The third kappa shape index (κ3) is 6.04. The number of rotatable bonds is 8. The number of hydrogen-bond donors (Lipinski definition) is 1. The first-order chi connectivity index (χ1) is 14.8. The Morgan fingerprint density at radius 1 is 1.00 bits per heavy atom. The van der Waals surface area contributed by atoms with Crippen LogP contribution in [0.1, 0.15) is 28.5 Å². The van der Waals surface area contributed by atoms with E-state index in [0.29, 0.717) is 15.6 Å². The van der Waals surface area contributed by atoms with Crippen molar-refractivity contribution in [2.75, 3.05) is 6.54 Å². The summed E-state index contributed by atoms with van der Waals surface area (Å²) in [5.74, 6) is -0.260. The van der Waals surface area contributed by atoms with E-state index in [1.54, 1.807) is 42.3 Å². The molecule has 0 atom stereocenters. The van der Waals surface area contributed by atoms with Crippen LogP contribution in [0.25, 0.3) is 0 Å². The van der Waals surface area contributed by atoms with Crippen LogP contribution in [0.5, 0.6) is 0 Å². The summed E-state index contributed by atoms with van der Waals surface area (Å²) in [6.45, 7) is 2.54. The Balaban J connectivity index is 1.88. The number of benzene rings is 2. The van der Waals surface area contributed by atoms with Gasteiger partial charge in [0.25, 0.3) is 5.91 Å². The maximum Gasteiger partial charge on any atom is 0.254 e. The van der Waals surface area contributed by atoms with E-state index in [1.165, 1.54) is 24.3 Å². The van der Waals surface area contributed by atoms with Crippen LogP contribution < -0.4 is 4.72 Å². The molecule has 0 bridgehead atoms. The predicted molar refractivity (Wildman–Crippen MR) is 122 cm³/mol. The Hall–Kier alpha value is -2.45. The Kier molecular flexibility index (Phi) is 7.67. The van der Waals surface area contributed by atoms with Crippen molar-refractivity contribution >= 4 is 39.1 Å². The number of sulfonamides is 1. The topological polar surface area (TPSA) is 79.4 Å². The van der Waals surface area contributed by atoms with Gasteiger partial charge in [-0.25, -0.2) is 13.1 Å². The number of carbonyl (C=O) groups excluding carboxylic acids is 1. The van der Waals surface area contributed by atoms with E-state index >= 15 is 0 Å². The first-order valence-electron chi connectivity index (χ1n) is 9.53. The van der Waals surface area contributed by atoms with Crippen LogP contribution in [0.15, 0.2) is 71.8 Å². The maximum absolute atomic E-state index is 13.3. The lowest BCUT2D eigenvalue weighted by molar-refractivity contribution is 0.0727. The Morgan fingerprint density at radius 3 is 2.35 bits per heavy atom. The van der Waals surface area contributed by atoms with E-state index in [0.717, 1.165) is 11.3 Å². The molecule has 0 aliphatic carbocycles. The van der Waals surface area contributed by atoms with Crippen LogP contribution in [-0.4, -0.2) is 30.8 Å². The van der Waals surface area contributed by atoms with Crippen LogP contribution in [0.2, 0.25) is 10.0 Å². The summed E-state index contributed by atoms with van der Waals surface area (Å²) in [5, 5.41) is 0.841. The Labute approximate surface area is 191 Å². The molecular weight excluding hydrogens is 457 g/mol. The van der Waals surface area contributed by atoms with Crippen molar-refractivity contribution in [1.29, 1.82) is 0 Å². The van der Waals surface area contributed by atoms with E-state index < -0.39 is 10.0 Å². The number of amides is 1. The van der Waals surface area contributed by atoms with E-state index in [1.807, 2.05) is 12.1 Å². The summed E-state index contributed by atoms with van der Waals surface area (Å²) < 4.78 is 26.7. The number of pyridine rings is 1. The summed E-state index contributed by atoms with van der Waals surface area (Å²) in [5.41, 5.74) is 1.90. The second-order valence-electron chi connectivity index (χ2n) is 6.76. The molecule has 3 aromatic rings. The van der Waals surface area contributed by atoms with Crippen molar-refractivity contribution in [2.45, 2.75) is 24.9 Å². The van der Waals surface area contributed by atoms with Gasteiger partial charge >= 0.3 is 0 Å². The second-order valence-corrected chi connectivity index (χ2v) is 9.34. The maximum atomic E-state index is 13.3. The molecule has 0 aliphatic heterocycles. The number of halogens is 2. The van der Waals surface area contributed by atoms with Crippen LogP contribution in [-0.2, 0) is 23.1 Å². The molecule has 2 aromatic carbocycles. The first kappa shape index (κ1) is 23.2. The number of nitrogens with zero attached hydrogens (tertiary/aromatic N) is 2. The molecular formula is C22H21Cl2N3O3S. The normalized spacial score (nSPS) is 11.3. The third-order valence-electron chi connectivity index (χ3n) is 4.47. The fraction of sp³-hybridized carbons (Fsp3) is 0.182. The molecule has 0 aliphatic rings. The zero-order chi connectivity index (χ0) is 22.4. The second kappa shape index (κ2) is 10.2. The van der Waals surface area contributed by atoms with Gasteiger partial charge in [0.05, 0.1) is 27.2 Å². The lowest BCUT2D eigenvalue weighted by atomic mass is 10.1. The molecule has 0 fully saturated rings. The largest absolute Gasteiger partial charge is 0.328 e. The minimum Gasteiger partial charge on any atom is -0.328 e. The summed E-state index contributed by atoms with van der Waals surface area (Å²) >= 11 is 12.1. The van der Waals surface area contributed by atoms with Crippen molar-refractivity contribution < 1.29 is 13.2 Å². The zero-order valence-electron chi connectivity index (χ0n) is 16.8. The van der Waals surface area contributed by atoms with Gasteiger partial charge in [0, 0.05) is 24.8 Å². The first-order valence-corrected chi connectivity index (χ1v) is 11.8. The number of carbonyl (C=O) groups is 1. The van der Waals surface area contributed by atoms with Gasteiger partial charge in [0.1, 0.15) is 0 Å². The zero-order valence-corrected chi connectivity index (χ0v) is 19.1. The molecule has 1 N–H and O–H groups in total. The van der Waals surface area contributed by atoms with Crippen molar-refractivity contribution in [3.63, 3.8) is 0 Å². The number of aromatic nitrogens is 1. The monoisotopic (exact) mass is 477 g/mol. The minimum atomic E-state index is -3.59. The van der Waals surface area contributed by atoms with Crippen molar-refractivity contribution in [1.82, 2.24) is 14.6 Å². The van der Waals surface area contributed by atoms with Gasteiger partial charge in [-0.05, 0) is 54.1 Å². The molecule has 1 aromatic heterocycles. The molecule has 9 heteroatoms. The number of nitrogens with one attached hydrogen (secondary N) is 1. The van der Waals surface area contributed by atoms with Crippen molar-refractivity contribution in [3.8, 4) is 0 Å². The van der Waals surface area contributed by atoms with E-state index in [9.17, 15) is 13.2 Å². The fourth-order valence-electron chi connectivity index (χ4n) is 2.98. The van der Waals surface area contributed by atoms with Gasteiger partial charge in [-0.2, -0.15) is 0 Å². The molecule has 0 saturated carbocycles. The summed E-state index contributed by atoms with van der Waals surface area (Å²) in [6, 6.07) is 16.5. The highest BCUT2D eigenvalue weighted by Gasteiger charge is 2.19. The Morgan fingerprint density at radius 2 is 1.74 bits per heavy atom. The SMILES string of the molecule is CCNS(=O)(=O)c1ccc(C(=O)N(Cc2ccc(Cl)c(Cl)c2)Cc2ccccn2)cc1. The van der Waals surface area contributed by atoms with Crippen molar-refractivity contribution in [3.05, 3.63) is 93.7 Å². The predicted octanol–water partition coefficient (Wildman–Crippen LogP) is 4.53. The summed E-state index contributed by atoms with van der Waals surface area (Å²) in [6.07, 6.45) is 1.66. The van der Waals surface area contributed by atoms with Gasteiger partial charge < -0.3 is 4.90 Å². The molecule has 0 radical (unpaired) electrons. The van der Waals surface area contributed by atoms with Crippen LogP contribution in [0, 0.1) is 0 Å². The molecule has 6 nitrogen and oxygen atoms in total. The Bertz CT molecular complexity index is 1150. The average molecular weight is 478 g/mol. The third-order valence-corrected chi connectivity index (χ3v) is 6.77. The van der Waals surface area contributed by atoms with Crippen molar-refractivity contribution in [2.24, 2.45) is 0 Å². The molecule has 3 rings (SSSR count). The van der Waals surface area contributed by atoms with E-state index in [-0.39, 0.29) is 30.4 Å². The highest BCUT2D eigenvalue weighted by atomic mass is 35.5. The fourth-order valence-corrected chi connectivity index (χ4v) is 4.34. The highest BCUT2D eigenvalue weighted by Crippen LogP contribution is 2.24. The standard InChI is InChI=1S/C22H21Cl2N3O3S/c1-2-26-31(29,30)19-9-7-17(8-10-19)22(28)27(15-18-5-3-4-12-25-18)14-16-6-11-20(23)21(24)13-16/h3-13,26H,2,14-15H2,1H3. The van der Waals surface area contributed by atoms with Gasteiger partial charge in [-0.15, -0.1) is 0 Å². The van der Waals surface area contributed by atoms with Crippen LogP contribution in [0.3, 0.4) is 0 Å². The molecule has 0 unspecified atom stereocenters. The summed E-state index contributed by atoms with van der Waals surface area (Å²) in [7, 11) is -3.59. The molecule has 1 heterocycles. The van der Waals surface area contributed by atoms with Gasteiger partial charge in [0.15, 0.2) is 0 Å². The molecule has 0 spiro atoms. The molecule has 162 valence electrons. The van der Waals surface area contributed by atoms with Gasteiger partial charge in [0.2, 0.25) is 10.0 Å². The van der Waals surface area contributed by atoms with E-state index in [2.05, 4.69) is 9.71 Å².